The fourth-order valence-electron chi connectivity index (χ4n) is 3.11. The summed E-state index contributed by atoms with van der Waals surface area (Å²) in [5, 5.41) is 0. The fraction of sp³-hybridized carbons (Fsp3) is 0.714. The minimum atomic E-state index is 0.373. The fourth-order valence-corrected chi connectivity index (χ4v) is 3.11. The van der Waals surface area contributed by atoms with E-state index >= 15 is 0 Å². The smallest absolute Gasteiger partial charge is 0.132 e. The largest absolute Gasteiger partial charge is 0.356 e. The van der Waals surface area contributed by atoms with Crippen LogP contribution < -0.4 is 10.6 Å². The van der Waals surface area contributed by atoms with Crippen LogP contribution in [0.4, 0.5) is 5.82 Å². The van der Waals surface area contributed by atoms with Crippen LogP contribution >= 0.6 is 0 Å². The molecule has 0 spiro atoms. The number of aromatic nitrogens is 2. The molecule has 1 saturated carbocycles. The summed E-state index contributed by atoms with van der Waals surface area (Å²) in [5.41, 5.74) is 7.19. The zero-order valence-corrected chi connectivity index (χ0v) is 10.9. The normalized spacial score (nSPS) is 22.6. The lowest BCUT2D eigenvalue weighted by atomic mass is 10.0. The molecule has 0 amide bonds. The molecule has 0 aromatic carbocycles. The van der Waals surface area contributed by atoms with Gasteiger partial charge in [0.25, 0.3) is 0 Å². The van der Waals surface area contributed by atoms with Gasteiger partial charge in [-0.05, 0) is 25.7 Å². The lowest BCUT2D eigenvalue weighted by Gasteiger charge is -2.31. The van der Waals surface area contributed by atoms with E-state index in [9.17, 15) is 0 Å². The second-order valence-electron chi connectivity index (χ2n) is 5.61. The number of piperidine rings is 1. The highest BCUT2D eigenvalue weighted by Gasteiger charge is 2.21. The zero-order valence-electron chi connectivity index (χ0n) is 10.9. The molecular weight excluding hydrogens is 224 g/mol. The molecule has 2 heterocycles. The summed E-state index contributed by atoms with van der Waals surface area (Å²) in [5.74, 6) is 1.76. The summed E-state index contributed by atoms with van der Waals surface area (Å²) in [6.45, 7) is 2.06. The molecule has 1 saturated heterocycles. The van der Waals surface area contributed by atoms with Crippen molar-refractivity contribution in [2.75, 3.05) is 18.0 Å². The summed E-state index contributed by atoms with van der Waals surface area (Å²) >= 11 is 0. The van der Waals surface area contributed by atoms with Crippen LogP contribution in [0.1, 0.15) is 50.1 Å². The summed E-state index contributed by atoms with van der Waals surface area (Å²) in [6, 6.07) is 2.57. The van der Waals surface area contributed by atoms with E-state index in [0.717, 1.165) is 31.7 Å². The van der Waals surface area contributed by atoms with Gasteiger partial charge in [-0.2, -0.15) is 0 Å². The van der Waals surface area contributed by atoms with Gasteiger partial charge in [0.05, 0.1) is 0 Å². The quantitative estimate of drug-likeness (QED) is 0.868. The Morgan fingerprint density at radius 3 is 2.50 bits per heavy atom. The molecule has 1 aliphatic carbocycles. The molecule has 3 rings (SSSR count). The predicted octanol–water partition coefficient (Wildman–Crippen LogP) is 2.06. The van der Waals surface area contributed by atoms with Crippen LogP contribution in [0.5, 0.6) is 0 Å². The third-order valence-corrected chi connectivity index (χ3v) is 4.31. The Morgan fingerprint density at radius 2 is 1.78 bits per heavy atom. The SMILES string of the molecule is NC1CCN(c2cc(C3CCCC3)ncn2)CC1. The standard InChI is InChI=1S/C14H22N4/c15-12-5-7-18(8-6-12)14-9-13(16-10-17-14)11-3-1-2-4-11/h9-12H,1-8,15H2. The van der Waals surface area contributed by atoms with Crippen LogP contribution in [0.3, 0.4) is 0 Å². The van der Waals surface area contributed by atoms with E-state index in [0.29, 0.717) is 12.0 Å². The second-order valence-corrected chi connectivity index (χ2v) is 5.61. The maximum atomic E-state index is 5.95. The van der Waals surface area contributed by atoms with Gasteiger partial charge in [0.15, 0.2) is 0 Å². The van der Waals surface area contributed by atoms with Crippen molar-refractivity contribution in [3.8, 4) is 0 Å². The highest BCUT2D eigenvalue weighted by atomic mass is 15.2. The first-order chi connectivity index (χ1) is 8.83. The van der Waals surface area contributed by atoms with Crippen LogP contribution in [0.2, 0.25) is 0 Å². The predicted molar refractivity (Wildman–Crippen MR) is 72.7 cm³/mol. The molecule has 2 fully saturated rings. The molecule has 1 aromatic rings. The topological polar surface area (TPSA) is 55.0 Å². The average molecular weight is 246 g/mol. The minimum Gasteiger partial charge on any atom is -0.356 e. The molecule has 0 unspecified atom stereocenters. The zero-order chi connectivity index (χ0) is 12.4. The molecule has 0 radical (unpaired) electrons. The maximum Gasteiger partial charge on any atom is 0.132 e. The van der Waals surface area contributed by atoms with Gasteiger partial charge in [0.1, 0.15) is 12.1 Å². The van der Waals surface area contributed by atoms with Crippen molar-refractivity contribution in [1.82, 2.24) is 9.97 Å². The summed E-state index contributed by atoms with van der Waals surface area (Å²) in [7, 11) is 0. The number of rotatable bonds is 2. The first kappa shape index (κ1) is 11.9. The van der Waals surface area contributed by atoms with E-state index in [2.05, 4.69) is 20.9 Å². The number of hydrogen-bond acceptors (Lipinski definition) is 4. The van der Waals surface area contributed by atoms with Crippen LogP contribution in [0, 0.1) is 0 Å². The molecule has 18 heavy (non-hydrogen) atoms. The van der Waals surface area contributed by atoms with Crippen LogP contribution in [0.25, 0.3) is 0 Å². The van der Waals surface area contributed by atoms with Gasteiger partial charge in [0, 0.05) is 36.8 Å². The Balaban J connectivity index is 1.74. The first-order valence-electron chi connectivity index (χ1n) is 7.15. The molecular formula is C14H22N4. The third kappa shape index (κ3) is 2.48. The van der Waals surface area contributed by atoms with E-state index in [1.54, 1.807) is 6.33 Å². The van der Waals surface area contributed by atoms with Crippen molar-refractivity contribution in [3.63, 3.8) is 0 Å². The number of nitrogens with zero attached hydrogens (tertiary/aromatic N) is 3. The number of nitrogens with two attached hydrogens (primary N) is 1. The van der Waals surface area contributed by atoms with Crippen molar-refractivity contribution in [1.29, 1.82) is 0 Å². The number of hydrogen-bond donors (Lipinski definition) is 1. The molecule has 1 aromatic heterocycles. The lowest BCUT2D eigenvalue weighted by Crippen LogP contribution is -2.40. The maximum absolute atomic E-state index is 5.95. The average Bonchev–Trinajstić information content (AvgIpc) is 2.94. The monoisotopic (exact) mass is 246 g/mol. The van der Waals surface area contributed by atoms with Crippen molar-refractivity contribution in [2.24, 2.45) is 5.73 Å². The molecule has 0 bridgehead atoms. The third-order valence-electron chi connectivity index (χ3n) is 4.31. The molecule has 0 atom stereocenters. The highest BCUT2D eigenvalue weighted by molar-refractivity contribution is 5.40. The summed E-state index contributed by atoms with van der Waals surface area (Å²) in [6.07, 6.45) is 9.16. The molecule has 1 aliphatic heterocycles. The molecule has 2 N–H and O–H groups in total. The van der Waals surface area contributed by atoms with Crippen LogP contribution in [-0.2, 0) is 0 Å². The van der Waals surface area contributed by atoms with E-state index in [1.807, 2.05) is 0 Å². The van der Waals surface area contributed by atoms with Gasteiger partial charge in [-0.1, -0.05) is 12.8 Å². The summed E-state index contributed by atoms with van der Waals surface area (Å²) < 4.78 is 0. The van der Waals surface area contributed by atoms with E-state index < -0.39 is 0 Å². The Bertz CT molecular complexity index is 393. The van der Waals surface area contributed by atoms with Crippen molar-refractivity contribution < 1.29 is 0 Å². The van der Waals surface area contributed by atoms with Gasteiger partial charge >= 0.3 is 0 Å². The van der Waals surface area contributed by atoms with E-state index in [-0.39, 0.29) is 0 Å². The molecule has 4 nitrogen and oxygen atoms in total. The second kappa shape index (κ2) is 5.22. The molecule has 2 aliphatic rings. The van der Waals surface area contributed by atoms with Gasteiger partial charge in [0.2, 0.25) is 0 Å². The van der Waals surface area contributed by atoms with Gasteiger partial charge < -0.3 is 10.6 Å². The van der Waals surface area contributed by atoms with Crippen molar-refractivity contribution in [3.05, 3.63) is 18.1 Å². The van der Waals surface area contributed by atoms with Crippen molar-refractivity contribution >= 4 is 5.82 Å². The van der Waals surface area contributed by atoms with Gasteiger partial charge in [-0.25, -0.2) is 9.97 Å². The Kier molecular flexibility index (Phi) is 3.46. The number of anilines is 1. The van der Waals surface area contributed by atoms with Gasteiger partial charge in [-0.15, -0.1) is 0 Å². The van der Waals surface area contributed by atoms with Crippen LogP contribution in [-0.4, -0.2) is 29.1 Å². The Labute approximate surface area is 109 Å². The van der Waals surface area contributed by atoms with Gasteiger partial charge in [-0.3, -0.25) is 0 Å². The van der Waals surface area contributed by atoms with Crippen molar-refractivity contribution in [2.45, 2.75) is 50.5 Å². The molecule has 4 heteroatoms. The molecule has 98 valence electrons. The first-order valence-corrected chi connectivity index (χ1v) is 7.15. The Hall–Kier alpha value is -1.16. The highest BCUT2D eigenvalue weighted by Crippen LogP contribution is 2.33. The summed E-state index contributed by atoms with van der Waals surface area (Å²) in [4.78, 5) is 11.3. The Morgan fingerprint density at radius 1 is 1.06 bits per heavy atom. The van der Waals surface area contributed by atoms with E-state index in [4.69, 9.17) is 5.73 Å². The van der Waals surface area contributed by atoms with E-state index in [1.165, 1.54) is 31.4 Å². The lowest BCUT2D eigenvalue weighted by molar-refractivity contribution is 0.498. The van der Waals surface area contributed by atoms with Crippen LogP contribution in [0.15, 0.2) is 12.4 Å². The minimum absolute atomic E-state index is 0.373.